The van der Waals surface area contributed by atoms with Gasteiger partial charge in [-0.25, -0.2) is 0 Å². The Labute approximate surface area is 178 Å². The van der Waals surface area contributed by atoms with Crippen LogP contribution in [0.5, 0.6) is 11.5 Å². The van der Waals surface area contributed by atoms with Gasteiger partial charge >= 0.3 is 0 Å². The van der Waals surface area contributed by atoms with Crippen molar-refractivity contribution in [2.45, 2.75) is 33.4 Å². The standard InChI is InChI=1S/C25H28ClNO2/c1-3-28-24-16-22(17-27-14-13-20-7-5-4-6-8-20)15-23(26)25(24)29-18-21-11-9-19(2)10-12-21/h4-12,15-16,27H,3,13-14,17-18H2,1-2H3. The molecule has 0 bridgehead atoms. The Morgan fingerprint density at radius 2 is 1.62 bits per heavy atom. The molecule has 0 amide bonds. The molecule has 0 saturated carbocycles. The summed E-state index contributed by atoms with van der Waals surface area (Å²) in [6.07, 6.45) is 0.991. The summed E-state index contributed by atoms with van der Waals surface area (Å²) < 4.78 is 11.8. The predicted molar refractivity (Wildman–Crippen MR) is 120 cm³/mol. The molecule has 0 aliphatic heterocycles. The molecule has 0 aliphatic carbocycles. The van der Waals surface area contributed by atoms with Crippen molar-refractivity contribution in [2.24, 2.45) is 0 Å². The van der Waals surface area contributed by atoms with E-state index in [0.717, 1.165) is 30.6 Å². The molecule has 0 radical (unpaired) electrons. The molecule has 0 heterocycles. The number of hydrogen-bond acceptors (Lipinski definition) is 3. The molecule has 3 rings (SSSR count). The molecule has 0 atom stereocenters. The molecular weight excluding hydrogens is 382 g/mol. The van der Waals surface area contributed by atoms with Crippen LogP contribution in [0.2, 0.25) is 5.02 Å². The lowest BCUT2D eigenvalue weighted by molar-refractivity contribution is 0.269. The maximum absolute atomic E-state index is 6.54. The number of rotatable bonds is 10. The maximum atomic E-state index is 6.54. The second-order valence-corrected chi connectivity index (χ2v) is 7.43. The molecule has 3 aromatic rings. The largest absolute Gasteiger partial charge is 0.490 e. The minimum absolute atomic E-state index is 0.453. The summed E-state index contributed by atoms with van der Waals surface area (Å²) in [6.45, 7) is 6.67. The molecule has 0 aliphatic rings. The first-order valence-corrected chi connectivity index (χ1v) is 10.4. The number of ether oxygens (including phenoxy) is 2. The molecule has 0 saturated heterocycles. The van der Waals surface area contributed by atoms with E-state index in [9.17, 15) is 0 Å². The van der Waals surface area contributed by atoms with Crippen LogP contribution in [0.25, 0.3) is 0 Å². The van der Waals surface area contributed by atoms with Crippen molar-refractivity contribution in [1.29, 1.82) is 0 Å². The molecule has 152 valence electrons. The molecule has 0 fully saturated rings. The van der Waals surface area contributed by atoms with Gasteiger partial charge in [0.1, 0.15) is 6.61 Å². The van der Waals surface area contributed by atoms with Crippen LogP contribution in [0.3, 0.4) is 0 Å². The van der Waals surface area contributed by atoms with Gasteiger partial charge in [-0.05, 0) is 55.6 Å². The fourth-order valence-electron chi connectivity index (χ4n) is 3.08. The summed E-state index contributed by atoms with van der Waals surface area (Å²) in [5.41, 5.74) is 4.73. The van der Waals surface area contributed by atoms with Crippen LogP contribution in [0.4, 0.5) is 0 Å². The summed E-state index contributed by atoms with van der Waals surface area (Å²) in [5.74, 6) is 1.29. The Bertz CT molecular complexity index is 895. The second kappa shape index (κ2) is 10.9. The van der Waals surface area contributed by atoms with Crippen LogP contribution in [0.15, 0.2) is 66.7 Å². The van der Waals surface area contributed by atoms with Gasteiger partial charge in [0.15, 0.2) is 11.5 Å². The summed E-state index contributed by atoms with van der Waals surface area (Å²) in [7, 11) is 0. The lowest BCUT2D eigenvalue weighted by Crippen LogP contribution is -2.16. The maximum Gasteiger partial charge on any atom is 0.180 e. The van der Waals surface area contributed by atoms with E-state index < -0.39 is 0 Å². The van der Waals surface area contributed by atoms with E-state index in [4.69, 9.17) is 21.1 Å². The SMILES string of the molecule is CCOc1cc(CNCCc2ccccc2)cc(Cl)c1OCc1ccc(C)cc1. The Hall–Kier alpha value is -2.49. The van der Waals surface area contributed by atoms with Gasteiger partial charge in [0.05, 0.1) is 11.6 Å². The predicted octanol–water partition coefficient (Wildman–Crippen LogP) is 5.96. The highest BCUT2D eigenvalue weighted by molar-refractivity contribution is 6.32. The second-order valence-electron chi connectivity index (χ2n) is 7.02. The number of hydrogen-bond donors (Lipinski definition) is 1. The summed E-state index contributed by atoms with van der Waals surface area (Å²) >= 11 is 6.54. The molecule has 0 spiro atoms. The fraction of sp³-hybridized carbons (Fsp3) is 0.280. The highest BCUT2D eigenvalue weighted by Crippen LogP contribution is 2.37. The molecule has 29 heavy (non-hydrogen) atoms. The normalized spacial score (nSPS) is 10.7. The van der Waals surface area contributed by atoms with Gasteiger partial charge in [0.2, 0.25) is 0 Å². The Balaban J connectivity index is 1.61. The molecule has 4 heteroatoms. The molecule has 0 aromatic heterocycles. The van der Waals surface area contributed by atoms with Crippen molar-refractivity contribution >= 4 is 11.6 Å². The zero-order valence-corrected chi connectivity index (χ0v) is 17.8. The third kappa shape index (κ3) is 6.52. The number of nitrogens with one attached hydrogen (secondary N) is 1. The van der Waals surface area contributed by atoms with Gasteiger partial charge in [-0.1, -0.05) is 71.8 Å². The first kappa shape index (κ1) is 21.2. The van der Waals surface area contributed by atoms with Crippen molar-refractivity contribution in [2.75, 3.05) is 13.2 Å². The van der Waals surface area contributed by atoms with Crippen molar-refractivity contribution in [3.8, 4) is 11.5 Å². The monoisotopic (exact) mass is 409 g/mol. The topological polar surface area (TPSA) is 30.5 Å². The molecule has 3 nitrogen and oxygen atoms in total. The van der Waals surface area contributed by atoms with Crippen LogP contribution in [-0.4, -0.2) is 13.2 Å². The van der Waals surface area contributed by atoms with E-state index in [-0.39, 0.29) is 0 Å². The fourth-order valence-corrected chi connectivity index (χ4v) is 3.36. The van der Waals surface area contributed by atoms with E-state index >= 15 is 0 Å². The van der Waals surface area contributed by atoms with Gasteiger partial charge < -0.3 is 14.8 Å². The van der Waals surface area contributed by atoms with Gasteiger partial charge in [-0.3, -0.25) is 0 Å². The first-order chi connectivity index (χ1) is 14.2. The van der Waals surface area contributed by atoms with E-state index in [0.29, 0.717) is 29.7 Å². The number of benzene rings is 3. The van der Waals surface area contributed by atoms with Crippen molar-refractivity contribution in [3.05, 3.63) is 94.0 Å². The molecule has 0 unspecified atom stereocenters. The van der Waals surface area contributed by atoms with E-state index in [1.54, 1.807) is 0 Å². The van der Waals surface area contributed by atoms with Gasteiger partial charge in [-0.15, -0.1) is 0 Å². The van der Waals surface area contributed by atoms with Crippen molar-refractivity contribution in [1.82, 2.24) is 5.32 Å². The Kier molecular flexibility index (Phi) is 7.97. The highest BCUT2D eigenvalue weighted by atomic mass is 35.5. The Morgan fingerprint density at radius 3 is 2.34 bits per heavy atom. The van der Waals surface area contributed by atoms with Crippen LogP contribution < -0.4 is 14.8 Å². The summed E-state index contributed by atoms with van der Waals surface area (Å²) in [4.78, 5) is 0. The zero-order valence-electron chi connectivity index (χ0n) is 17.1. The van der Waals surface area contributed by atoms with Crippen LogP contribution in [0, 0.1) is 6.92 Å². The van der Waals surface area contributed by atoms with E-state index in [1.807, 2.05) is 25.1 Å². The lowest BCUT2D eigenvalue weighted by Gasteiger charge is -2.16. The summed E-state index contributed by atoms with van der Waals surface area (Å²) in [6, 6.07) is 22.7. The summed E-state index contributed by atoms with van der Waals surface area (Å²) in [5, 5.41) is 4.05. The lowest BCUT2D eigenvalue weighted by atomic mass is 10.1. The highest BCUT2D eigenvalue weighted by Gasteiger charge is 2.13. The third-order valence-electron chi connectivity index (χ3n) is 4.64. The minimum atomic E-state index is 0.453. The van der Waals surface area contributed by atoms with Crippen molar-refractivity contribution in [3.63, 3.8) is 0 Å². The molecule has 3 aromatic carbocycles. The van der Waals surface area contributed by atoms with Gasteiger partial charge in [-0.2, -0.15) is 0 Å². The van der Waals surface area contributed by atoms with Gasteiger partial charge in [0.25, 0.3) is 0 Å². The molecular formula is C25H28ClNO2. The number of aryl methyl sites for hydroxylation is 1. The first-order valence-electron chi connectivity index (χ1n) is 10.0. The Morgan fingerprint density at radius 1 is 0.862 bits per heavy atom. The average molecular weight is 410 g/mol. The molecule has 1 N–H and O–H groups in total. The smallest absolute Gasteiger partial charge is 0.180 e. The van der Waals surface area contributed by atoms with Crippen LogP contribution in [0.1, 0.15) is 29.2 Å². The van der Waals surface area contributed by atoms with E-state index in [1.165, 1.54) is 11.1 Å². The third-order valence-corrected chi connectivity index (χ3v) is 4.92. The zero-order chi connectivity index (χ0) is 20.5. The average Bonchev–Trinajstić information content (AvgIpc) is 2.73. The van der Waals surface area contributed by atoms with Crippen molar-refractivity contribution < 1.29 is 9.47 Å². The quantitative estimate of drug-likeness (QED) is 0.419. The van der Waals surface area contributed by atoms with Crippen LogP contribution in [-0.2, 0) is 19.6 Å². The van der Waals surface area contributed by atoms with E-state index in [2.05, 4.69) is 60.8 Å². The minimum Gasteiger partial charge on any atom is -0.490 e. The van der Waals surface area contributed by atoms with Gasteiger partial charge in [0, 0.05) is 6.54 Å². The number of halogens is 1. The van der Waals surface area contributed by atoms with Crippen LogP contribution >= 0.6 is 11.6 Å².